The Morgan fingerprint density at radius 2 is 2.19 bits per heavy atom. The van der Waals surface area contributed by atoms with E-state index >= 15 is 0 Å². The number of H-pyrrole nitrogens is 1. The molecule has 2 N–H and O–H groups in total. The molecular weight excluding hydrogens is 422 g/mol. The average Bonchev–Trinajstić information content (AvgIpc) is 3.01. The summed E-state index contributed by atoms with van der Waals surface area (Å²) in [6.07, 6.45) is 2.17. The summed E-state index contributed by atoms with van der Waals surface area (Å²) in [4.78, 5) is 33.8. The molecule has 0 bridgehead atoms. The molecule has 1 aliphatic heterocycles. The van der Waals surface area contributed by atoms with Crippen LogP contribution in [0.15, 0.2) is 22.9 Å². The Morgan fingerprint density at radius 1 is 1.44 bits per heavy atom. The van der Waals surface area contributed by atoms with Crippen LogP contribution in [0.5, 0.6) is 0 Å². The number of fused-ring (bicyclic) bond motifs is 1. The van der Waals surface area contributed by atoms with Gasteiger partial charge in [0.15, 0.2) is 0 Å². The zero-order valence-corrected chi connectivity index (χ0v) is 16.3. The van der Waals surface area contributed by atoms with E-state index < -0.39 is 23.3 Å². The first-order valence-electron chi connectivity index (χ1n) is 8.86. The summed E-state index contributed by atoms with van der Waals surface area (Å²) in [5, 5.41) is 3.54. The fourth-order valence-electron chi connectivity index (χ4n) is 3.81. The standard InChI is InChI=1S/C18H19BrF2N4O2/c1-2-11(16(27)25-4-3-17(9-25)8-18(17,20)21)24-15(26)12-5-10-6-14(19)22-7-13(10)23-12/h5-7,11,23H,2-4,8-9H2,1H3,(H,24,26)/t11-,17?/m1/s1. The zero-order valence-electron chi connectivity index (χ0n) is 14.7. The SMILES string of the molecule is CC[C@@H](NC(=O)c1cc2cc(Br)ncc2[nH]1)C(=O)N1CCC2(C1)CC2(F)F. The normalized spacial score (nSPS) is 24.4. The molecule has 1 unspecified atom stereocenters. The number of hydrogen-bond acceptors (Lipinski definition) is 3. The first-order chi connectivity index (χ1) is 12.7. The van der Waals surface area contributed by atoms with Crippen LogP contribution in [0, 0.1) is 5.41 Å². The third-order valence-electron chi connectivity index (χ3n) is 5.60. The van der Waals surface area contributed by atoms with Gasteiger partial charge >= 0.3 is 0 Å². The number of hydrogen-bond donors (Lipinski definition) is 2. The van der Waals surface area contributed by atoms with Crippen LogP contribution in [0.2, 0.25) is 0 Å². The van der Waals surface area contributed by atoms with Gasteiger partial charge in [0.25, 0.3) is 11.8 Å². The van der Waals surface area contributed by atoms with E-state index in [1.807, 2.05) is 0 Å². The van der Waals surface area contributed by atoms with E-state index in [4.69, 9.17) is 0 Å². The lowest BCUT2D eigenvalue weighted by Crippen LogP contribution is -2.47. The van der Waals surface area contributed by atoms with Crippen LogP contribution in [-0.2, 0) is 4.79 Å². The van der Waals surface area contributed by atoms with Crippen LogP contribution in [0.25, 0.3) is 10.9 Å². The summed E-state index contributed by atoms with van der Waals surface area (Å²) in [6, 6.07) is 2.73. The van der Waals surface area contributed by atoms with Crippen molar-refractivity contribution in [2.24, 2.45) is 5.41 Å². The van der Waals surface area contributed by atoms with Crippen molar-refractivity contribution in [3.05, 3.63) is 28.6 Å². The van der Waals surface area contributed by atoms with Gasteiger partial charge in [-0.3, -0.25) is 9.59 Å². The molecule has 9 heteroatoms. The first-order valence-corrected chi connectivity index (χ1v) is 9.66. The second-order valence-corrected chi connectivity index (χ2v) is 8.20. The fraction of sp³-hybridized carbons (Fsp3) is 0.500. The Kier molecular flexibility index (Phi) is 4.25. The largest absolute Gasteiger partial charge is 0.349 e. The number of carbonyl (C=O) groups excluding carboxylic acids is 2. The molecule has 2 fully saturated rings. The lowest BCUT2D eigenvalue weighted by Gasteiger charge is -2.23. The maximum Gasteiger partial charge on any atom is 0.268 e. The number of aromatic nitrogens is 2. The van der Waals surface area contributed by atoms with Gasteiger partial charge in [-0.25, -0.2) is 13.8 Å². The highest BCUT2D eigenvalue weighted by Gasteiger charge is 2.73. The highest BCUT2D eigenvalue weighted by Crippen LogP contribution is 2.65. The van der Waals surface area contributed by atoms with Crippen LogP contribution >= 0.6 is 15.9 Å². The average molecular weight is 441 g/mol. The van der Waals surface area contributed by atoms with Gasteiger partial charge in [0.05, 0.1) is 17.1 Å². The van der Waals surface area contributed by atoms with Gasteiger partial charge < -0.3 is 15.2 Å². The van der Waals surface area contributed by atoms with Gasteiger partial charge in [-0.1, -0.05) is 6.92 Å². The molecule has 3 heterocycles. The number of likely N-dealkylation sites (tertiary alicyclic amines) is 1. The molecule has 2 amide bonds. The minimum atomic E-state index is -2.67. The van der Waals surface area contributed by atoms with Crippen LogP contribution in [0.4, 0.5) is 8.78 Å². The lowest BCUT2D eigenvalue weighted by atomic mass is 10.1. The molecule has 2 aliphatic rings. The molecule has 0 aromatic carbocycles. The van der Waals surface area contributed by atoms with Crippen LogP contribution in [-0.4, -0.2) is 51.7 Å². The third kappa shape index (κ3) is 3.11. The van der Waals surface area contributed by atoms with Crippen molar-refractivity contribution in [2.75, 3.05) is 13.1 Å². The van der Waals surface area contributed by atoms with Crippen LogP contribution < -0.4 is 5.32 Å². The number of alkyl halides is 2. The van der Waals surface area contributed by atoms with Gasteiger partial charge in [0.1, 0.15) is 16.3 Å². The molecule has 144 valence electrons. The molecule has 1 aliphatic carbocycles. The molecule has 2 aromatic rings. The van der Waals surface area contributed by atoms with Crippen LogP contribution in [0.3, 0.4) is 0 Å². The smallest absolute Gasteiger partial charge is 0.268 e. The Morgan fingerprint density at radius 3 is 2.81 bits per heavy atom. The van der Waals surface area contributed by atoms with Crippen molar-refractivity contribution in [1.82, 2.24) is 20.2 Å². The Balaban J connectivity index is 1.45. The summed E-state index contributed by atoms with van der Waals surface area (Å²) in [5.41, 5.74) is -0.00866. The molecule has 1 spiro atoms. The fourth-order valence-corrected chi connectivity index (χ4v) is 4.15. The van der Waals surface area contributed by atoms with Gasteiger partial charge in [0, 0.05) is 24.9 Å². The van der Waals surface area contributed by atoms with E-state index in [0.717, 1.165) is 5.39 Å². The van der Waals surface area contributed by atoms with Gasteiger partial charge in [0.2, 0.25) is 5.91 Å². The van der Waals surface area contributed by atoms with E-state index in [1.165, 1.54) is 4.90 Å². The van der Waals surface area contributed by atoms with E-state index in [2.05, 4.69) is 31.2 Å². The maximum absolute atomic E-state index is 13.6. The molecule has 0 radical (unpaired) electrons. The first kappa shape index (κ1) is 18.3. The number of nitrogens with zero attached hydrogens (tertiary/aromatic N) is 2. The van der Waals surface area contributed by atoms with E-state index in [-0.39, 0.29) is 18.9 Å². The highest BCUT2D eigenvalue weighted by molar-refractivity contribution is 9.10. The molecule has 2 aromatic heterocycles. The van der Waals surface area contributed by atoms with Crippen molar-refractivity contribution in [3.63, 3.8) is 0 Å². The van der Waals surface area contributed by atoms with Gasteiger partial charge in [-0.2, -0.15) is 0 Å². The molecule has 27 heavy (non-hydrogen) atoms. The minimum absolute atomic E-state index is 0.0668. The van der Waals surface area contributed by atoms with Crippen molar-refractivity contribution >= 4 is 38.6 Å². The Bertz CT molecular complexity index is 931. The van der Waals surface area contributed by atoms with Crippen LogP contribution in [0.1, 0.15) is 36.7 Å². The topological polar surface area (TPSA) is 78.1 Å². The summed E-state index contributed by atoms with van der Waals surface area (Å²) >= 11 is 3.28. The summed E-state index contributed by atoms with van der Waals surface area (Å²) in [5.74, 6) is -3.38. The quantitative estimate of drug-likeness (QED) is 0.716. The molecule has 1 saturated heterocycles. The monoisotopic (exact) mass is 440 g/mol. The number of aromatic amines is 1. The molecule has 2 atom stereocenters. The molecule has 1 saturated carbocycles. The second kappa shape index (κ2) is 6.25. The van der Waals surface area contributed by atoms with Crippen molar-refractivity contribution in [3.8, 4) is 0 Å². The molecule has 6 nitrogen and oxygen atoms in total. The van der Waals surface area contributed by atoms with Gasteiger partial charge in [-0.05, 0) is 40.9 Å². The number of amides is 2. The molecular formula is C18H19BrF2N4O2. The lowest BCUT2D eigenvalue weighted by molar-refractivity contribution is -0.132. The van der Waals surface area contributed by atoms with Crippen molar-refractivity contribution < 1.29 is 18.4 Å². The maximum atomic E-state index is 13.6. The number of halogens is 3. The summed E-state index contributed by atoms with van der Waals surface area (Å²) in [7, 11) is 0. The van der Waals surface area contributed by atoms with Crippen molar-refractivity contribution in [2.45, 2.75) is 38.2 Å². The Hall–Kier alpha value is -2.03. The number of carbonyl (C=O) groups is 2. The zero-order chi connectivity index (χ0) is 19.4. The highest BCUT2D eigenvalue weighted by atomic mass is 79.9. The summed E-state index contributed by atoms with van der Waals surface area (Å²) < 4.78 is 27.8. The van der Waals surface area contributed by atoms with E-state index in [1.54, 1.807) is 25.3 Å². The Labute approximate surface area is 162 Å². The van der Waals surface area contributed by atoms with E-state index in [9.17, 15) is 18.4 Å². The molecule has 4 rings (SSSR count). The number of rotatable bonds is 4. The summed E-state index contributed by atoms with van der Waals surface area (Å²) in [6.45, 7) is 2.16. The minimum Gasteiger partial charge on any atom is -0.349 e. The van der Waals surface area contributed by atoms with Crippen molar-refractivity contribution in [1.29, 1.82) is 0 Å². The van der Waals surface area contributed by atoms with Gasteiger partial charge in [-0.15, -0.1) is 0 Å². The third-order valence-corrected chi connectivity index (χ3v) is 6.04. The number of pyridine rings is 1. The predicted octanol–water partition coefficient (Wildman–Crippen LogP) is 3.09. The van der Waals surface area contributed by atoms with E-state index in [0.29, 0.717) is 35.2 Å². The number of nitrogens with one attached hydrogen (secondary N) is 2. The predicted molar refractivity (Wildman–Crippen MR) is 98.5 cm³/mol. The second-order valence-electron chi connectivity index (χ2n) is 7.38.